The number of hydrogen-bond acceptors (Lipinski definition) is 3. The fraction of sp³-hybridized carbons (Fsp3) is 0.500. The zero-order valence-corrected chi connectivity index (χ0v) is 9.83. The zero-order chi connectivity index (χ0) is 10.7. The van der Waals surface area contributed by atoms with Crippen LogP contribution in [-0.4, -0.2) is 19.0 Å². The van der Waals surface area contributed by atoms with Crippen molar-refractivity contribution in [2.24, 2.45) is 5.92 Å². The van der Waals surface area contributed by atoms with E-state index in [0.29, 0.717) is 4.34 Å². The first-order valence-electron chi connectivity index (χ1n) is 5.02. The minimum atomic E-state index is 0.120. The highest BCUT2D eigenvalue weighted by Gasteiger charge is 2.21. The second-order valence-corrected chi connectivity index (χ2v) is 5.33. The van der Waals surface area contributed by atoms with Gasteiger partial charge in [0, 0.05) is 5.92 Å². The molecule has 1 saturated heterocycles. The van der Waals surface area contributed by atoms with Crippen molar-refractivity contribution in [3.8, 4) is 0 Å². The molecule has 0 bridgehead atoms. The van der Waals surface area contributed by atoms with E-state index in [9.17, 15) is 4.79 Å². The van der Waals surface area contributed by atoms with Gasteiger partial charge in [-0.15, -0.1) is 11.3 Å². The van der Waals surface area contributed by atoms with Crippen molar-refractivity contribution in [2.45, 2.75) is 12.8 Å². The quantitative estimate of drug-likeness (QED) is 0.839. The van der Waals surface area contributed by atoms with Crippen LogP contribution in [0.25, 0.3) is 0 Å². The largest absolute Gasteiger partial charge is 0.317 e. The topological polar surface area (TPSA) is 41.1 Å². The first-order chi connectivity index (χ1) is 7.25. The molecule has 0 radical (unpaired) electrons. The first kappa shape index (κ1) is 10.9. The lowest BCUT2D eigenvalue weighted by molar-refractivity contribution is -0.120. The minimum Gasteiger partial charge on any atom is -0.317 e. The molecule has 3 nitrogen and oxygen atoms in total. The van der Waals surface area contributed by atoms with Gasteiger partial charge in [0.1, 0.15) is 0 Å². The van der Waals surface area contributed by atoms with Gasteiger partial charge in [-0.05, 0) is 38.1 Å². The molecule has 0 spiro atoms. The maximum atomic E-state index is 11.8. The normalized spacial score (nSPS) is 17.7. The fourth-order valence-corrected chi connectivity index (χ4v) is 2.64. The molecule has 15 heavy (non-hydrogen) atoms. The van der Waals surface area contributed by atoms with Gasteiger partial charge in [0.15, 0.2) is 0 Å². The monoisotopic (exact) mass is 244 g/mol. The minimum absolute atomic E-state index is 0.120. The SMILES string of the molecule is O=C(Nc1ccc(Cl)s1)C1CCNCC1. The number of anilines is 1. The number of thiophene rings is 1. The van der Waals surface area contributed by atoms with Gasteiger partial charge in [-0.25, -0.2) is 0 Å². The van der Waals surface area contributed by atoms with Crippen molar-refractivity contribution in [3.63, 3.8) is 0 Å². The van der Waals surface area contributed by atoms with Gasteiger partial charge in [-0.1, -0.05) is 11.6 Å². The number of nitrogens with one attached hydrogen (secondary N) is 2. The molecule has 1 amide bonds. The molecule has 82 valence electrons. The van der Waals surface area contributed by atoms with Crippen LogP contribution in [0.15, 0.2) is 12.1 Å². The second kappa shape index (κ2) is 4.96. The average molecular weight is 245 g/mol. The number of piperidine rings is 1. The average Bonchev–Trinajstić information content (AvgIpc) is 2.65. The predicted molar refractivity (Wildman–Crippen MR) is 63.6 cm³/mol. The Morgan fingerprint density at radius 1 is 1.47 bits per heavy atom. The second-order valence-electron chi connectivity index (χ2n) is 3.62. The van der Waals surface area contributed by atoms with Crippen LogP contribution in [-0.2, 0) is 4.79 Å². The molecular formula is C10H13ClN2OS. The molecule has 0 aliphatic carbocycles. The van der Waals surface area contributed by atoms with Gasteiger partial charge < -0.3 is 10.6 Å². The summed E-state index contributed by atoms with van der Waals surface area (Å²) in [6, 6.07) is 3.64. The van der Waals surface area contributed by atoms with E-state index in [1.54, 1.807) is 6.07 Å². The number of carbonyl (C=O) groups excluding carboxylic acids is 1. The summed E-state index contributed by atoms with van der Waals surface area (Å²) in [6.45, 7) is 1.87. The fourth-order valence-electron chi connectivity index (χ4n) is 1.69. The number of amides is 1. The van der Waals surface area contributed by atoms with E-state index in [1.807, 2.05) is 6.07 Å². The Morgan fingerprint density at radius 3 is 2.80 bits per heavy atom. The molecule has 1 fully saturated rings. The molecule has 0 saturated carbocycles. The van der Waals surface area contributed by atoms with E-state index in [2.05, 4.69) is 10.6 Å². The van der Waals surface area contributed by atoms with E-state index in [4.69, 9.17) is 11.6 Å². The summed E-state index contributed by atoms with van der Waals surface area (Å²) in [7, 11) is 0. The van der Waals surface area contributed by atoms with Crippen molar-refractivity contribution in [1.29, 1.82) is 0 Å². The lowest BCUT2D eigenvalue weighted by Crippen LogP contribution is -2.34. The third kappa shape index (κ3) is 2.93. The summed E-state index contributed by atoms with van der Waals surface area (Å²) in [5.74, 6) is 0.266. The van der Waals surface area contributed by atoms with Crippen molar-refractivity contribution >= 4 is 33.8 Å². The Balaban J connectivity index is 1.91. The van der Waals surface area contributed by atoms with E-state index in [1.165, 1.54) is 11.3 Å². The van der Waals surface area contributed by atoms with E-state index < -0.39 is 0 Å². The number of halogens is 1. The lowest BCUT2D eigenvalue weighted by atomic mass is 9.97. The van der Waals surface area contributed by atoms with Crippen LogP contribution in [0.3, 0.4) is 0 Å². The van der Waals surface area contributed by atoms with Gasteiger partial charge in [0.25, 0.3) is 0 Å². The molecular weight excluding hydrogens is 232 g/mol. The number of carbonyl (C=O) groups is 1. The van der Waals surface area contributed by atoms with Crippen LogP contribution >= 0.6 is 22.9 Å². The third-order valence-corrected chi connectivity index (χ3v) is 3.68. The first-order valence-corrected chi connectivity index (χ1v) is 6.22. The Hall–Kier alpha value is -0.580. The Labute approximate surface area is 97.8 Å². The predicted octanol–water partition coefficient (Wildman–Crippen LogP) is 2.34. The van der Waals surface area contributed by atoms with E-state index in [-0.39, 0.29) is 11.8 Å². The van der Waals surface area contributed by atoms with E-state index >= 15 is 0 Å². The number of hydrogen-bond donors (Lipinski definition) is 2. The Morgan fingerprint density at radius 2 is 2.20 bits per heavy atom. The molecule has 1 aromatic heterocycles. The van der Waals surface area contributed by atoms with Crippen LogP contribution in [0.1, 0.15) is 12.8 Å². The molecule has 5 heteroatoms. The van der Waals surface area contributed by atoms with Crippen LogP contribution < -0.4 is 10.6 Å². The molecule has 0 aromatic carbocycles. The standard InChI is InChI=1S/C10H13ClN2OS/c11-8-1-2-9(15-8)13-10(14)7-3-5-12-6-4-7/h1-2,7,12H,3-6H2,(H,13,14). The summed E-state index contributed by atoms with van der Waals surface area (Å²) in [6.07, 6.45) is 1.84. The van der Waals surface area contributed by atoms with Crippen LogP contribution in [0, 0.1) is 5.92 Å². The van der Waals surface area contributed by atoms with Crippen LogP contribution in [0.4, 0.5) is 5.00 Å². The number of rotatable bonds is 2. The smallest absolute Gasteiger partial charge is 0.228 e. The maximum absolute atomic E-state index is 11.8. The van der Waals surface area contributed by atoms with E-state index in [0.717, 1.165) is 30.9 Å². The molecule has 1 aliphatic heterocycles. The molecule has 0 atom stereocenters. The highest BCUT2D eigenvalue weighted by molar-refractivity contribution is 7.20. The summed E-state index contributed by atoms with van der Waals surface area (Å²) < 4.78 is 0.704. The van der Waals surface area contributed by atoms with Crippen molar-refractivity contribution in [3.05, 3.63) is 16.5 Å². The van der Waals surface area contributed by atoms with Crippen molar-refractivity contribution < 1.29 is 4.79 Å². The van der Waals surface area contributed by atoms with Gasteiger partial charge in [-0.2, -0.15) is 0 Å². The third-order valence-electron chi connectivity index (χ3n) is 2.53. The molecule has 2 N–H and O–H groups in total. The molecule has 2 rings (SSSR count). The molecule has 1 aliphatic rings. The lowest BCUT2D eigenvalue weighted by Gasteiger charge is -2.21. The summed E-state index contributed by atoms with van der Waals surface area (Å²) in [4.78, 5) is 11.8. The van der Waals surface area contributed by atoms with Gasteiger partial charge in [0.05, 0.1) is 9.34 Å². The van der Waals surface area contributed by atoms with Crippen LogP contribution in [0.2, 0.25) is 4.34 Å². The van der Waals surface area contributed by atoms with Crippen molar-refractivity contribution in [2.75, 3.05) is 18.4 Å². The maximum Gasteiger partial charge on any atom is 0.228 e. The summed E-state index contributed by atoms with van der Waals surface area (Å²) in [5, 5.41) is 6.98. The molecule has 0 unspecified atom stereocenters. The molecule has 2 heterocycles. The summed E-state index contributed by atoms with van der Waals surface area (Å²) >= 11 is 7.18. The van der Waals surface area contributed by atoms with Crippen molar-refractivity contribution in [1.82, 2.24) is 5.32 Å². The molecule has 1 aromatic rings. The van der Waals surface area contributed by atoms with Gasteiger partial charge >= 0.3 is 0 Å². The summed E-state index contributed by atoms with van der Waals surface area (Å²) in [5.41, 5.74) is 0. The highest BCUT2D eigenvalue weighted by atomic mass is 35.5. The highest BCUT2D eigenvalue weighted by Crippen LogP contribution is 2.27. The Kier molecular flexibility index (Phi) is 3.61. The van der Waals surface area contributed by atoms with Gasteiger partial charge in [-0.3, -0.25) is 4.79 Å². The zero-order valence-electron chi connectivity index (χ0n) is 8.25. The van der Waals surface area contributed by atoms with Crippen LogP contribution in [0.5, 0.6) is 0 Å². The van der Waals surface area contributed by atoms with Gasteiger partial charge in [0.2, 0.25) is 5.91 Å². The Bertz CT molecular complexity index is 347.